The fraction of sp³-hybridized carbons (Fsp3) is 0.423. The molecule has 0 radical (unpaired) electrons. The first-order chi connectivity index (χ1) is 18.5. The highest BCUT2D eigenvalue weighted by molar-refractivity contribution is 7.19. The molecule has 3 amide bonds. The van der Waals surface area contributed by atoms with Crippen LogP contribution in [-0.4, -0.2) is 69.5 Å². The van der Waals surface area contributed by atoms with E-state index in [-0.39, 0.29) is 56.3 Å². The van der Waals surface area contributed by atoms with Crippen molar-refractivity contribution >= 4 is 50.9 Å². The SMILES string of the molecule is Cc1cc(Cl)cc(-c2ncnc3cc(CN4C(=O)C5CC5C4=O)sc23)c1C[C@H]1CN(C(=O)C(F)(F)F)CCO1. The van der Waals surface area contributed by atoms with Crippen molar-refractivity contribution in [3.8, 4) is 11.3 Å². The molecule has 2 aromatic heterocycles. The first-order valence-electron chi connectivity index (χ1n) is 12.4. The molecule has 2 saturated heterocycles. The molecule has 1 aromatic carbocycles. The van der Waals surface area contributed by atoms with Gasteiger partial charge in [-0.15, -0.1) is 11.3 Å². The first kappa shape index (κ1) is 26.1. The van der Waals surface area contributed by atoms with Gasteiger partial charge in [0.15, 0.2) is 0 Å². The van der Waals surface area contributed by atoms with E-state index in [2.05, 4.69) is 9.97 Å². The maximum Gasteiger partial charge on any atom is 0.471 e. The summed E-state index contributed by atoms with van der Waals surface area (Å²) in [5, 5.41) is 0.459. The van der Waals surface area contributed by atoms with E-state index < -0.39 is 18.2 Å². The van der Waals surface area contributed by atoms with Gasteiger partial charge < -0.3 is 9.64 Å². The second-order valence-electron chi connectivity index (χ2n) is 10.1. The van der Waals surface area contributed by atoms with Crippen LogP contribution in [0.4, 0.5) is 13.2 Å². The van der Waals surface area contributed by atoms with Crippen molar-refractivity contribution in [2.24, 2.45) is 11.8 Å². The van der Waals surface area contributed by atoms with Gasteiger partial charge in [0.2, 0.25) is 11.8 Å². The molecule has 3 aromatic rings. The molecule has 4 heterocycles. The highest BCUT2D eigenvalue weighted by Crippen LogP contribution is 2.48. The number of morpholine rings is 1. The fourth-order valence-corrected chi connectivity index (χ4v) is 6.80. The van der Waals surface area contributed by atoms with Crippen molar-refractivity contribution in [3.63, 3.8) is 0 Å². The van der Waals surface area contributed by atoms with Crippen LogP contribution in [0.5, 0.6) is 0 Å². The molecule has 204 valence electrons. The smallest absolute Gasteiger partial charge is 0.374 e. The largest absolute Gasteiger partial charge is 0.471 e. The van der Waals surface area contributed by atoms with Crippen molar-refractivity contribution in [2.75, 3.05) is 19.7 Å². The zero-order chi connectivity index (χ0) is 27.6. The van der Waals surface area contributed by atoms with Crippen LogP contribution in [0.3, 0.4) is 0 Å². The minimum absolute atomic E-state index is 0.00382. The second-order valence-corrected chi connectivity index (χ2v) is 11.6. The Labute approximate surface area is 229 Å². The Hall–Kier alpha value is -3.09. The van der Waals surface area contributed by atoms with Crippen LogP contribution >= 0.6 is 22.9 Å². The lowest BCUT2D eigenvalue weighted by molar-refractivity contribution is -0.191. The Morgan fingerprint density at radius 1 is 1.18 bits per heavy atom. The number of nitrogens with zero attached hydrogens (tertiary/aromatic N) is 4. The third-order valence-electron chi connectivity index (χ3n) is 7.43. The average Bonchev–Trinajstić information content (AvgIpc) is 3.52. The minimum atomic E-state index is -4.95. The normalized spacial score (nSPS) is 23.1. The molecule has 1 aliphatic carbocycles. The first-order valence-corrected chi connectivity index (χ1v) is 13.6. The van der Waals surface area contributed by atoms with Crippen molar-refractivity contribution < 1.29 is 32.3 Å². The molecule has 13 heteroatoms. The van der Waals surface area contributed by atoms with Crippen LogP contribution in [0.1, 0.15) is 22.4 Å². The van der Waals surface area contributed by atoms with E-state index in [9.17, 15) is 27.6 Å². The number of rotatable bonds is 5. The number of ether oxygens (including phenoxy) is 1. The molecule has 1 saturated carbocycles. The average molecular weight is 579 g/mol. The van der Waals surface area contributed by atoms with E-state index >= 15 is 0 Å². The molecule has 8 nitrogen and oxygen atoms in total. The number of carbonyl (C=O) groups is 3. The minimum Gasteiger partial charge on any atom is -0.374 e. The Balaban J connectivity index is 1.32. The summed E-state index contributed by atoms with van der Waals surface area (Å²) in [4.78, 5) is 48.5. The number of thiophene rings is 1. The molecule has 2 aliphatic heterocycles. The zero-order valence-corrected chi connectivity index (χ0v) is 22.2. The monoisotopic (exact) mass is 578 g/mol. The molecule has 0 spiro atoms. The van der Waals surface area contributed by atoms with Crippen LogP contribution in [0.2, 0.25) is 5.02 Å². The summed E-state index contributed by atoms with van der Waals surface area (Å²) in [5.41, 5.74) is 3.49. The van der Waals surface area contributed by atoms with E-state index in [0.717, 1.165) is 25.6 Å². The van der Waals surface area contributed by atoms with Gasteiger partial charge in [0.25, 0.3) is 0 Å². The van der Waals surface area contributed by atoms with Crippen molar-refractivity contribution in [3.05, 3.63) is 45.6 Å². The summed E-state index contributed by atoms with van der Waals surface area (Å²) in [6.45, 7) is 1.69. The Morgan fingerprint density at radius 2 is 1.92 bits per heavy atom. The molecule has 6 rings (SSSR count). The molecule has 3 aliphatic rings. The third kappa shape index (κ3) is 4.78. The number of imide groups is 1. The van der Waals surface area contributed by atoms with Gasteiger partial charge in [0.1, 0.15) is 6.33 Å². The highest BCUT2D eigenvalue weighted by atomic mass is 35.5. The van der Waals surface area contributed by atoms with Crippen LogP contribution < -0.4 is 0 Å². The summed E-state index contributed by atoms with van der Waals surface area (Å²) in [6, 6.07) is 5.33. The molecule has 39 heavy (non-hydrogen) atoms. The quantitative estimate of drug-likeness (QED) is 0.422. The summed E-state index contributed by atoms with van der Waals surface area (Å²) in [6.07, 6.45) is -3.31. The van der Waals surface area contributed by atoms with E-state index in [1.807, 2.05) is 13.0 Å². The third-order valence-corrected chi connectivity index (χ3v) is 8.76. The molecule has 3 atom stereocenters. The lowest BCUT2D eigenvalue weighted by Gasteiger charge is -2.34. The number of halogens is 4. The number of hydrogen-bond donors (Lipinski definition) is 0. The van der Waals surface area contributed by atoms with E-state index in [1.165, 1.54) is 22.6 Å². The number of aryl methyl sites for hydroxylation is 1. The predicted octanol–water partition coefficient (Wildman–Crippen LogP) is 4.16. The van der Waals surface area contributed by atoms with Crippen LogP contribution in [0.15, 0.2) is 24.5 Å². The summed E-state index contributed by atoms with van der Waals surface area (Å²) >= 11 is 7.79. The number of fused-ring (bicyclic) bond motifs is 2. The van der Waals surface area contributed by atoms with E-state index in [0.29, 0.717) is 28.2 Å². The number of alkyl halides is 3. The second kappa shape index (κ2) is 9.53. The molecule has 3 fully saturated rings. The molecular formula is C26H22ClF3N4O4S. The molecular weight excluding hydrogens is 557 g/mol. The Morgan fingerprint density at radius 3 is 2.64 bits per heavy atom. The predicted molar refractivity (Wildman–Crippen MR) is 136 cm³/mol. The van der Waals surface area contributed by atoms with Gasteiger partial charge in [-0.1, -0.05) is 11.6 Å². The Bertz CT molecular complexity index is 1510. The van der Waals surface area contributed by atoms with Gasteiger partial charge in [0, 0.05) is 35.0 Å². The number of piperidine rings is 1. The highest BCUT2D eigenvalue weighted by Gasteiger charge is 2.58. The van der Waals surface area contributed by atoms with Crippen LogP contribution in [-0.2, 0) is 32.1 Å². The van der Waals surface area contributed by atoms with Gasteiger partial charge in [-0.25, -0.2) is 9.97 Å². The summed E-state index contributed by atoms with van der Waals surface area (Å²) in [7, 11) is 0. The number of hydrogen-bond acceptors (Lipinski definition) is 7. The topological polar surface area (TPSA) is 92.7 Å². The molecule has 0 N–H and O–H groups in total. The number of carbonyl (C=O) groups excluding carboxylic acids is 3. The van der Waals surface area contributed by atoms with Crippen LogP contribution in [0, 0.1) is 18.8 Å². The van der Waals surface area contributed by atoms with Gasteiger partial charge in [-0.05, 0) is 42.7 Å². The molecule has 0 bridgehead atoms. The molecule has 2 unspecified atom stereocenters. The maximum atomic E-state index is 13.0. The number of likely N-dealkylation sites (tertiary alicyclic amines) is 1. The standard InChI is InChI=1S/C26H22ClF3N4O4S/c1-12-4-13(27)5-17(16(12)6-14-9-33(2-3-38-14)25(37)26(28,29)30)21-22-20(31-11-32-21)7-15(39-22)10-34-23(35)18-8-19(18)24(34)36/h4-5,7,11,14,18-19H,2-3,6,8-10H2,1H3/t14-,18?,19?/m0/s1. The summed E-state index contributed by atoms with van der Waals surface area (Å²) < 4.78 is 45.6. The van der Waals surface area contributed by atoms with Gasteiger partial charge in [-0.3, -0.25) is 19.3 Å². The number of aromatic nitrogens is 2. The van der Waals surface area contributed by atoms with E-state index in [1.54, 1.807) is 12.1 Å². The zero-order valence-electron chi connectivity index (χ0n) is 20.6. The fourth-order valence-electron chi connectivity index (χ4n) is 5.42. The lowest BCUT2D eigenvalue weighted by Crippen LogP contribution is -2.50. The van der Waals surface area contributed by atoms with E-state index in [4.69, 9.17) is 16.3 Å². The number of amides is 3. The van der Waals surface area contributed by atoms with Crippen molar-refractivity contribution in [2.45, 2.75) is 38.6 Å². The van der Waals surface area contributed by atoms with Crippen molar-refractivity contribution in [1.82, 2.24) is 19.8 Å². The summed E-state index contributed by atoms with van der Waals surface area (Å²) in [5.74, 6) is -2.49. The number of benzene rings is 1. The lowest BCUT2D eigenvalue weighted by atomic mass is 9.94. The Kier molecular flexibility index (Phi) is 6.39. The van der Waals surface area contributed by atoms with Crippen LogP contribution in [0.25, 0.3) is 21.5 Å². The van der Waals surface area contributed by atoms with Gasteiger partial charge >= 0.3 is 12.1 Å². The van der Waals surface area contributed by atoms with Crippen molar-refractivity contribution in [1.29, 1.82) is 0 Å². The van der Waals surface area contributed by atoms with Gasteiger partial charge in [-0.2, -0.15) is 13.2 Å². The maximum absolute atomic E-state index is 13.0. The van der Waals surface area contributed by atoms with Gasteiger partial charge in [0.05, 0.1) is 47.0 Å².